The molecule has 4 heteroatoms. The molecule has 0 aromatic rings. The van der Waals surface area contributed by atoms with E-state index >= 15 is 0 Å². The molecule has 0 radical (unpaired) electrons. The summed E-state index contributed by atoms with van der Waals surface area (Å²) in [5.41, 5.74) is 0. The van der Waals surface area contributed by atoms with E-state index in [0.29, 0.717) is 0 Å². The second-order valence-corrected chi connectivity index (χ2v) is 6.35. The van der Waals surface area contributed by atoms with Gasteiger partial charge in [0.05, 0.1) is 0 Å². The number of carbonyl (C=O) groups is 2. The quantitative estimate of drug-likeness (QED) is 0.860. The number of nitrogens with one attached hydrogen (secondary N) is 1. The van der Waals surface area contributed by atoms with Gasteiger partial charge in [0, 0.05) is 6.04 Å². The predicted octanol–water partition coefficient (Wildman–Crippen LogP) is 2.47. The van der Waals surface area contributed by atoms with Crippen molar-refractivity contribution in [1.82, 2.24) is 10.2 Å². The second-order valence-electron chi connectivity index (χ2n) is 6.35. The van der Waals surface area contributed by atoms with Crippen molar-refractivity contribution in [2.45, 2.75) is 83.8 Å². The van der Waals surface area contributed by atoms with Crippen LogP contribution in [0.5, 0.6) is 0 Å². The maximum absolute atomic E-state index is 12.6. The van der Waals surface area contributed by atoms with E-state index in [1.54, 1.807) is 0 Å². The lowest BCUT2D eigenvalue weighted by atomic mass is 9.83. The van der Waals surface area contributed by atoms with Crippen LogP contribution < -0.4 is 5.32 Å². The number of rotatable bonds is 4. The zero-order valence-corrected chi connectivity index (χ0v) is 13.0. The Bertz CT molecular complexity index is 361. The van der Waals surface area contributed by atoms with Gasteiger partial charge in [-0.05, 0) is 44.9 Å². The average molecular weight is 280 g/mol. The topological polar surface area (TPSA) is 49.4 Å². The van der Waals surface area contributed by atoms with Crippen molar-refractivity contribution in [2.75, 3.05) is 0 Å². The molecule has 1 saturated carbocycles. The van der Waals surface area contributed by atoms with Crippen LogP contribution in [0.1, 0.15) is 65.7 Å². The maximum Gasteiger partial charge on any atom is 0.246 e. The Hall–Kier alpha value is -1.06. The van der Waals surface area contributed by atoms with Crippen molar-refractivity contribution >= 4 is 11.8 Å². The zero-order chi connectivity index (χ0) is 14.7. The predicted molar refractivity (Wildman–Crippen MR) is 79.2 cm³/mol. The average Bonchev–Trinajstić information content (AvgIpc) is 2.46. The molecule has 2 unspecified atom stereocenters. The fraction of sp³-hybridized carbons (Fsp3) is 0.875. The molecule has 1 saturated heterocycles. The maximum atomic E-state index is 12.6. The van der Waals surface area contributed by atoms with Gasteiger partial charge in [0.15, 0.2) is 0 Å². The van der Waals surface area contributed by atoms with Crippen LogP contribution in [-0.4, -0.2) is 34.8 Å². The highest BCUT2D eigenvalue weighted by Gasteiger charge is 2.41. The third-order valence-corrected chi connectivity index (χ3v) is 5.03. The normalized spacial score (nSPS) is 35.0. The Morgan fingerprint density at radius 2 is 1.80 bits per heavy atom. The molecule has 1 aliphatic carbocycles. The van der Waals surface area contributed by atoms with Crippen LogP contribution >= 0.6 is 0 Å². The molecule has 0 spiro atoms. The standard InChI is InChI=1S/C16H28N2O2/c1-4-6-14-16(20)18(11(3)15(19)17-14)13-9-7-12(5-2)8-10-13/h11-14H,4-10H2,1-3H3,(H,17,19). The minimum atomic E-state index is -0.307. The van der Waals surface area contributed by atoms with Crippen LogP contribution in [0.3, 0.4) is 0 Å². The van der Waals surface area contributed by atoms with Crippen molar-refractivity contribution in [1.29, 1.82) is 0 Å². The summed E-state index contributed by atoms with van der Waals surface area (Å²) >= 11 is 0. The van der Waals surface area contributed by atoms with Gasteiger partial charge in [-0.1, -0.05) is 26.7 Å². The minimum Gasteiger partial charge on any atom is -0.343 e. The molecule has 1 aliphatic heterocycles. The number of carbonyl (C=O) groups excluding carboxylic acids is 2. The third-order valence-electron chi connectivity index (χ3n) is 5.03. The van der Waals surface area contributed by atoms with E-state index < -0.39 is 0 Å². The van der Waals surface area contributed by atoms with Gasteiger partial charge >= 0.3 is 0 Å². The minimum absolute atomic E-state index is 0.0145. The molecule has 0 aromatic carbocycles. The summed E-state index contributed by atoms with van der Waals surface area (Å²) in [6, 6.07) is -0.336. The Balaban J connectivity index is 2.07. The first-order chi connectivity index (χ1) is 9.58. The van der Waals surface area contributed by atoms with Crippen molar-refractivity contribution < 1.29 is 9.59 Å². The van der Waals surface area contributed by atoms with Gasteiger partial charge in [-0.15, -0.1) is 0 Å². The lowest BCUT2D eigenvalue weighted by Gasteiger charge is -2.44. The van der Waals surface area contributed by atoms with E-state index in [1.807, 2.05) is 18.7 Å². The van der Waals surface area contributed by atoms with Crippen LogP contribution in [0.15, 0.2) is 0 Å². The van der Waals surface area contributed by atoms with Gasteiger partial charge in [0.25, 0.3) is 0 Å². The zero-order valence-electron chi connectivity index (χ0n) is 13.0. The fourth-order valence-corrected chi connectivity index (χ4v) is 3.66. The summed E-state index contributed by atoms with van der Waals surface area (Å²) in [5, 5.41) is 2.88. The lowest BCUT2D eigenvalue weighted by Crippen LogP contribution is -2.65. The van der Waals surface area contributed by atoms with Crippen molar-refractivity contribution in [3.63, 3.8) is 0 Å². The SMILES string of the molecule is CCCC1NC(=O)C(C)N(C2CCC(CC)CC2)C1=O. The molecular formula is C16H28N2O2. The molecule has 20 heavy (non-hydrogen) atoms. The fourth-order valence-electron chi connectivity index (χ4n) is 3.66. The highest BCUT2D eigenvalue weighted by atomic mass is 16.2. The number of hydrogen-bond acceptors (Lipinski definition) is 2. The van der Waals surface area contributed by atoms with Crippen LogP contribution in [0, 0.1) is 5.92 Å². The van der Waals surface area contributed by atoms with Gasteiger partial charge in [0.2, 0.25) is 11.8 Å². The van der Waals surface area contributed by atoms with Crippen LogP contribution in [0.2, 0.25) is 0 Å². The molecule has 2 atom stereocenters. The largest absolute Gasteiger partial charge is 0.343 e. The van der Waals surface area contributed by atoms with Crippen LogP contribution in [0.25, 0.3) is 0 Å². The summed E-state index contributed by atoms with van der Waals surface area (Å²) in [6.07, 6.45) is 7.39. The molecule has 114 valence electrons. The van der Waals surface area contributed by atoms with E-state index in [4.69, 9.17) is 0 Å². The molecule has 2 aliphatic rings. The highest BCUT2D eigenvalue weighted by molar-refractivity contribution is 5.96. The number of nitrogens with zero attached hydrogens (tertiary/aromatic N) is 1. The van der Waals surface area contributed by atoms with Crippen molar-refractivity contribution in [2.24, 2.45) is 5.92 Å². The van der Waals surface area contributed by atoms with Gasteiger partial charge in [-0.25, -0.2) is 0 Å². The molecule has 2 fully saturated rings. The Morgan fingerprint density at radius 1 is 1.15 bits per heavy atom. The first-order valence-corrected chi connectivity index (χ1v) is 8.21. The van der Waals surface area contributed by atoms with Crippen molar-refractivity contribution in [3.05, 3.63) is 0 Å². The van der Waals surface area contributed by atoms with E-state index in [0.717, 1.165) is 31.6 Å². The number of piperazine rings is 1. The Morgan fingerprint density at radius 3 is 2.35 bits per heavy atom. The lowest BCUT2D eigenvalue weighted by molar-refractivity contribution is -0.152. The van der Waals surface area contributed by atoms with E-state index in [-0.39, 0.29) is 29.9 Å². The smallest absolute Gasteiger partial charge is 0.246 e. The molecule has 2 rings (SSSR count). The van der Waals surface area contributed by atoms with E-state index in [2.05, 4.69) is 12.2 Å². The molecule has 2 amide bonds. The van der Waals surface area contributed by atoms with E-state index in [1.165, 1.54) is 19.3 Å². The first kappa shape index (κ1) is 15.3. The Labute approximate surface area is 122 Å². The summed E-state index contributed by atoms with van der Waals surface area (Å²) in [6.45, 7) is 6.15. The third kappa shape index (κ3) is 2.99. The summed E-state index contributed by atoms with van der Waals surface area (Å²) in [5.74, 6) is 0.960. The molecule has 0 bridgehead atoms. The van der Waals surface area contributed by atoms with Crippen molar-refractivity contribution in [3.8, 4) is 0 Å². The van der Waals surface area contributed by atoms with Gasteiger partial charge < -0.3 is 10.2 Å². The summed E-state index contributed by atoms with van der Waals surface area (Å²) in [4.78, 5) is 26.6. The monoisotopic (exact) mass is 280 g/mol. The molecular weight excluding hydrogens is 252 g/mol. The summed E-state index contributed by atoms with van der Waals surface area (Å²) in [7, 11) is 0. The first-order valence-electron chi connectivity index (χ1n) is 8.21. The van der Waals surface area contributed by atoms with Gasteiger partial charge in [0.1, 0.15) is 12.1 Å². The number of hydrogen-bond donors (Lipinski definition) is 1. The van der Waals surface area contributed by atoms with E-state index in [9.17, 15) is 9.59 Å². The number of amides is 2. The van der Waals surface area contributed by atoms with Gasteiger partial charge in [-0.3, -0.25) is 9.59 Å². The van der Waals surface area contributed by atoms with Gasteiger partial charge in [-0.2, -0.15) is 0 Å². The van der Waals surface area contributed by atoms with Crippen LogP contribution in [0.4, 0.5) is 0 Å². The summed E-state index contributed by atoms with van der Waals surface area (Å²) < 4.78 is 0. The molecule has 1 N–H and O–H groups in total. The highest BCUT2D eigenvalue weighted by Crippen LogP contribution is 2.31. The molecule has 1 heterocycles. The molecule has 0 aromatic heterocycles. The Kier molecular flexibility index (Phi) is 5.06. The van der Waals surface area contributed by atoms with Crippen LogP contribution in [-0.2, 0) is 9.59 Å². The molecule has 4 nitrogen and oxygen atoms in total. The second kappa shape index (κ2) is 6.59.